The summed E-state index contributed by atoms with van der Waals surface area (Å²) in [5.74, 6) is -1.86. The number of nitrogens with one attached hydrogen (secondary N) is 3. The van der Waals surface area contributed by atoms with Crippen LogP contribution < -0.4 is 21.9 Å². The first-order valence-electron chi connectivity index (χ1n) is 12.6. The SMILES string of the molecule is C[C@@H]1CCCCC[C@](OCc2ccccc2)(C(F)(F)F)C2NNC(O2)C2NC(O1)C(C(F)(F)F)CC2N. The molecule has 3 heterocycles. The number of hydrogen-bond donors (Lipinski definition) is 4. The van der Waals surface area contributed by atoms with E-state index in [0.717, 1.165) is 0 Å². The van der Waals surface area contributed by atoms with Crippen molar-refractivity contribution in [2.45, 2.75) is 107 Å². The maximum absolute atomic E-state index is 14.7. The quantitative estimate of drug-likeness (QED) is 0.434. The predicted molar refractivity (Wildman–Crippen MR) is 121 cm³/mol. The molecule has 210 valence electrons. The van der Waals surface area contributed by atoms with E-state index in [1.54, 1.807) is 37.3 Å². The molecular formula is C24H34F6N4O3. The Morgan fingerprint density at radius 1 is 1.00 bits per heavy atom. The Hall–Kier alpha value is -1.48. The molecule has 0 aromatic heterocycles. The lowest BCUT2D eigenvalue weighted by molar-refractivity contribution is -0.321. The van der Waals surface area contributed by atoms with Crippen molar-refractivity contribution in [3.05, 3.63) is 35.9 Å². The van der Waals surface area contributed by atoms with Crippen molar-refractivity contribution in [2.75, 3.05) is 0 Å². The zero-order valence-electron chi connectivity index (χ0n) is 20.4. The van der Waals surface area contributed by atoms with Crippen LogP contribution in [0.1, 0.15) is 51.0 Å². The van der Waals surface area contributed by atoms with Crippen molar-refractivity contribution < 1.29 is 40.6 Å². The van der Waals surface area contributed by atoms with Crippen molar-refractivity contribution in [3.8, 4) is 0 Å². The van der Waals surface area contributed by atoms with Crippen molar-refractivity contribution in [1.82, 2.24) is 16.2 Å². The Morgan fingerprint density at radius 2 is 1.73 bits per heavy atom. The third-order valence-corrected chi connectivity index (χ3v) is 7.38. The van der Waals surface area contributed by atoms with Gasteiger partial charge < -0.3 is 19.9 Å². The van der Waals surface area contributed by atoms with E-state index in [0.29, 0.717) is 24.8 Å². The third-order valence-electron chi connectivity index (χ3n) is 7.38. The Labute approximate surface area is 211 Å². The number of benzene rings is 1. The van der Waals surface area contributed by atoms with Crippen LogP contribution in [0.15, 0.2) is 30.3 Å². The average molecular weight is 541 g/mol. The fourth-order valence-corrected chi connectivity index (χ4v) is 5.27. The maximum atomic E-state index is 14.7. The molecule has 13 heteroatoms. The number of nitrogens with two attached hydrogens (primary N) is 1. The second kappa shape index (κ2) is 11.3. The monoisotopic (exact) mass is 540 g/mol. The van der Waals surface area contributed by atoms with Crippen molar-refractivity contribution in [1.29, 1.82) is 0 Å². The molecule has 7 nitrogen and oxygen atoms in total. The molecule has 0 aliphatic carbocycles. The fraction of sp³-hybridized carbons (Fsp3) is 0.750. The minimum atomic E-state index is -4.81. The van der Waals surface area contributed by atoms with E-state index in [1.807, 2.05) is 0 Å². The van der Waals surface area contributed by atoms with Gasteiger partial charge in [-0.25, -0.2) is 10.9 Å². The standard InChI is InChI=1S/C24H34F6N4O3/c1-14-8-4-3-7-11-22(24(28,29)30,35-13-15-9-5-2-6-10-15)21-34-33-20(37-21)18-17(31)12-16(23(25,26)27)19(32-18)36-14/h2,5-6,9-10,14,16-21,32-34H,3-4,7-8,11-13,31H2,1H3/t14-,16?,17?,18?,19?,20?,21?,22-/m1/s1. The zero-order valence-corrected chi connectivity index (χ0v) is 20.4. The molecule has 0 saturated carbocycles. The normalized spacial score (nSPS) is 38.2. The highest BCUT2D eigenvalue weighted by atomic mass is 19.4. The second-order valence-corrected chi connectivity index (χ2v) is 10.1. The Balaban J connectivity index is 1.62. The molecule has 1 aromatic carbocycles. The molecule has 3 saturated heterocycles. The van der Waals surface area contributed by atoms with Gasteiger partial charge in [0.05, 0.1) is 24.7 Å². The van der Waals surface area contributed by atoms with Crippen molar-refractivity contribution >= 4 is 0 Å². The molecule has 0 amide bonds. The maximum Gasteiger partial charge on any atom is 0.421 e. The first-order valence-corrected chi connectivity index (χ1v) is 12.6. The minimum Gasteiger partial charge on any atom is -0.360 e. The summed E-state index contributed by atoms with van der Waals surface area (Å²) in [5.41, 5.74) is 9.19. The highest BCUT2D eigenvalue weighted by molar-refractivity contribution is 5.14. The Bertz CT molecular complexity index is 876. The van der Waals surface area contributed by atoms with Gasteiger partial charge in [-0.2, -0.15) is 26.3 Å². The van der Waals surface area contributed by atoms with Crippen LogP contribution in [0.5, 0.6) is 0 Å². The van der Waals surface area contributed by atoms with E-state index in [4.69, 9.17) is 19.9 Å². The van der Waals surface area contributed by atoms with Crippen LogP contribution in [-0.4, -0.2) is 54.8 Å². The fourth-order valence-electron chi connectivity index (χ4n) is 5.27. The van der Waals surface area contributed by atoms with Gasteiger partial charge in [-0.3, -0.25) is 5.32 Å². The molecule has 4 bridgehead atoms. The highest BCUT2D eigenvalue weighted by Crippen LogP contribution is 2.44. The van der Waals surface area contributed by atoms with E-state index in [1.165, 1.54) is 0 Å². The third kappa shape index (κ3) is 6.40. The first-order chi connectivity index (χ1) is 17.4. The van der Waals surface area contributed by atoms with Gasteiger partial charge in [-0.05, 0) is 31.7 Å². The minimum absolute atomic E-state index is 0.170. The molecule has 6 unspecified atom stereocenters. The van der Waals surface area contributed by atoms with Gasteiger partial charge in [-0.1, -0.05) is 49.6 Å². The summed E-state index contributed by atoms with van der Waals surface area (Å²) in [6.07, 6.45) is -13.5. The Kier molecular flexibility index (Phi) is 8.73. The van der Waals surface area contributed by atoms with Gasteiger partial charge in [0.2, 0.25) is 5.60 Å². The molecule has 5 N–H and O–H groups in total. The van der Waals surface area contributed by atoms with Gasteiger partial charge >= 0.3 is 12.4 Å². The van der Waals surface area contributed by atoms with Crippen molar-refractivity contribution in [3.63, 3.8) is 0 Å². The number of alkyl halides is 6. The molecule has 3 fully saturated rings. The van der Waals surface area contributed by atoms with Crippen LogP contribution in [0, 0.1) is 5.92 Å². The molecule has 3 aliphatic heterocycles. The largest absolute Gasteiger partial charge is 0.421 e. The number of hydrogen-bond acceptors (Lipinski definition) is 7. The van der Waals surface area contributed by atoms with Gasteiger partial charge in [0.25, 0.3) is 0 Å². The van der Waals surface area contributed by atoms with Crippen molar-refractivity contribution in [2.24, 2.45) is 11.7 Å². The summed E-state index contributed by atoms with van der Waals surface area (Å²) in [6, 6.07) is 6.50. The van der Waals surface area contributed by atoms with E-state index >= 15 is 0 Å². The number of ether oxygens (including phenoxy) is 3. The van der Waals surface area contributed by atoms with Crippen LogP contribution in [0.3, 0.4) is 0 Å². The molecule has 1 aromatic rings. The number of piperidine rings is 1. The molecule has 0 spiro atoms. The molecule has 0 radical (unpaired) electrons. The lowest BCUT2D eigenvalue weighted by Gasteiger charge is -2.44. The van der Waals surface area contributed by atoms with Gasteiger partial charge in [0, 0.05) is 6.04 Å². The summed E-state index contributed by atoms with van der Waals surface area (Å²) in [4.78, 5) is 0. The lowest BCUT2D eigenvalue weighted by Crippen LogP contribution is -2.67. The summed E-state index contributed by atoms with van der Waals surface area (Å²) >= 11 is 0. The van der Waals surface area contributed by atoms with Crippen LogP contribution in [0.25, 0.3) is 0 Å². The average Bonchev–Trinajstić information content (AvgIpc) is 3.30. The van der Waals surface area contributed by atoms with Crippen LogP contribution in [-0.2, 0) is 20.8 Å². The topological polar surface area (TPSA) is 89.8 Å². The van der Waals surface area contributed by atoms with E-state index < -0.39 is 67.2 Å². The highest BCUT2D eigenvalue weighted by Gasteiger charge is 2.64. The van der Waals surface area contributed by atoms with Gasteiger partial charge in [0.15, 0.2) is 6.23 Å². The Morgan fingerprint density at radius 3 is 2.41 bits per heavy atom. The van der Waals surface area contributed by atoms with E-state index in [9.17, 15) is 26.3 Å². The number of fused-ring (bicyclic) bond motifs is 5. The van der Waals surface area contributed by atoms with Crippen LogP contribution >= 0.6 is 0 Å². The van der Waals surface area contributed by atoms with Crippen LogP contribution in [0.2, 0.25) is 0 Å². The van der Waals surface area contributed by atoms with E-state index in [2.05, 4.69) is 16.2 Å². The summed E-state index contributed by atoms with van der Waals surface area (Å²) in [6.45, 7) is 1.36. The smallest absolute Gasteiger partial charge is 0.360 e. The number of rotatable bonds is 3. The van der Waals surface area contributed by atoms with Gasteiger partial charge in [0.1, 0.15) is 12.5 Å². The predicted octanol–water partition coefficient (Wildman–Crippen LogP) is 3.84. The second-order valence-electron chi connectivity index (χ2n) is 10.1. The summed E-state index contributed by atoms with van der Waals surface area (Å²) in [5, 5.41) is 2.78. The van der Waals surface area contributed by atoms with Crippen LogP contribution in [0.4, 0.5) is 26.3 Å². The summed E-state index contributed by atoms with van der Waals surface area (Å²) in [7, 11) is 0. The number of halogens is 6. The number of hydrazine groups is 1. The molecular weight excluding hydrogens is 506 g/mol. The molecule has 37 heavy (non-hydrogen) atoms. The van der Waals surface area contributed by atoms with E-state index in [-0.39, 0.29) is 19.4 Å². The molecule has 4 rings (SSSR count). The molecule has 8 atom stereocenters. The zero-order chi connectivity index (χ0) is 26.8. The first kappa shape index (κ1) is 28.5. The summed E-state index contributed by atoms with van der Waals surface area (Å²) < 4.78 is 103. The lowest BCUT2D eigenvalue weighted by atomic mass is 9.87. The van der Waals surface area contributed by atoms with Gasteiger partial charge in [-0.15, -0.1) is 0 Å². The molecule has 3 aliphatic rings.